The quantitative estimate of drug-likeness (QED) is 0.351. The third-order valence-corrected chi connectivity index (χ3v) is 7.10. The van der Waals surface area contributed by atoms with Crippen LogP contribution in [-0.2, 0) is 9.59 Å². The number of unbranched alkanes of at least 4 members (excludes halogenated alkanes) is 2. The Kier molecular flexibility index (Phi) is 9.22. The van der Waals surface area contributed by atoms with Crippen molar-refractivity contribution >= 4 is 22.6 Å². The first-order valence-corrected chi connectivity index (χ1v) is 13.3. The molecule has 1 atom stereocenters. The van der Waals surface area contributed by atoms with Gasteiger partial charge >= 0.3 is 0 Å². The van der Waals surface area contributed by atoms with E-state index >= 15 is 0 Å². The van der Waals surface area contributed by atoms with Gasteiger partial charge in [0, 0.05) is 24.1 Å². The van der Waals surface area contributed by atoms with Crippen molar-refractivity contribution in [3.63, 3.8) is 0 Å². The summed E-state index contributed by atoms with van der Waals surface area (Å²) in [6, 6.07) is 9.29. The van der Waals surface area contributed by atoms with Crippen molar-refractivity contribution < 1.29 is 18.7 Å². The molecule has 1 amide bonds. The SMILES string of the molecule is CCC(=O)CCCCC[C@H](NC(=O)C1CCN(C)CC1)c1nnc(-c2cc3ccccc3nc2OC)o1. The predicted molar refractivity (Wildman–Crippen MR) is 141 cm³/mol. The zero-order valence-corrected chi connectivity index (χ0v) is 22.0. The number of pyridine rings is 1. The van der Waals surface area contributed by atoms with Crippen molar-refractivity contribution in [2.45, 2.75) is 64.3 Å². The van der Waals surface area contributed by atoms with Crippen LogP contribution in [0.1, 0.15) is 70.2 Å². The van der Waals surface area contributed by atoms with Gasteiger partial charge in [-0.15, -0.1) is 10.2 Å². The first-order chi connectivity index (χ1) is 18.0. The Hall–Kier alpha value is -3.33. The molecule has 198 valence electrons. The van der Waals surface area contributed by atoms with Crippen LogP contribution in [0.15, 0.2) is 34.7 Å². The van der Waals surface area contributed by atoms with Crippen molar-refractivity contribution in [3.8, 4) is 17.3 Å². The van der Waals surface area contributed by atoms with Crippen molar-refractivity contribution in [1.29, 1.82) is 0 Å². The molecule has 2 aromatic heterocycles. The maximum absolute atomic E-state index is 13.1. The van der Waals surface area contributed by atoms with Crippen molar-refractivity contribution in [2.75, 3.05) is 27.2 Å². The van der Waals surface area contributed by atoms with Crippen LogP contribution in [0.2, 0.25) is 0 Å². The maximum Gasteiger partial charge on any atom is 0.253 e. The number of aromatic nitrogens is 3. The van der Waals surface area contributed by atoms with Crippen LogP contribution in [0.25, 0.3) is 22.4 Å². The highest BCUT2D eigenvalue weighted by Gasteiger charge is 2.28. The third-order valence-electron chi connectivity index (χ3n) is 7.10. The standard InChI is InChI=1S/C28H37N5O4/c1-4-21(34)11-6-5-7-13-24(29-25(35)19-14-16-33(2)17-15-19)28-32-31-27(37-28)22-18-20-10-8-9-12-23(20)30-26(22)36-3/h8-10,12,18-19,24H,4-7,11,13-17H2,1-3H3,(H,29,35)/t24-/m0/s1. The van der Waals surface area contributed by atoms with Crippen LogP contribution in [0.4, 0.5) is 0 Å². The second kappa shape index (κ2) is 12.8. The Balaban J connectivity index is 1.51. The van der Waals surface area contributed by atoms with Gasteiger partial charge in [-0.05, 0) is 58.0 Å². The summed E-state index contributed by atoms with van der Waals surface area (Å²) < 4.78 is 11.6. The average molecular weight is 508 g/mol. The van der Waals surface area contributed by atoms with Crippen LogP contribution >= 0.6 is 0 Å². The number of likely N-dealkylation sites (tertiary alicyclic amines) is 1. The molecule has 1 aliphatic heterocycles. The molecule has 3 aromatic rings. The van der Waals surface area contributed by atoms with Gasteiger partial charge in [-0.1, -0.05) is 38.0 Å². The van der Waals surface area contributed by atoms with Gasteiger partial charge in [-0.25, -0.2) is 4.98 Å². The molecule has 0 radical (unpaired) electrons. The van der Waals surface area contributed by atoms with Crippen LogP contribution < -0.4 is 10.1 Å². The minimum atomic E-state index is -0.394. The second-order valence-electron chi connectivity index (χ2n) is 9.81. The zero-order chi connectivity index (χ0) is 26.2. The lowest BCUT2D eigenvalue weighted by molar-refractivity contribution is -0.127. The molecule has 9 nitrogen and oxygen atoms in total. The number of piperidine rings is 1. The smallest absolute Gasteiger partial charge is 0.253 e. The van der Waals surface area contributed by atoms with Gasteiger partial charge in [0.25, 0.3) is 5.89 Å². The predicted octanol–water partition coefficient (Wildman–Crippen LogP) is 4.72. The number of hydrogen-bond donors (Lipinski definition) is 1. The summed E-state index contributed by atoms with van der Waals surface area (Å²) in [5, 5.41) is 12.7. The van der Waals surface area contributed by atoms with E-state index < -0.39 is 6.04 Å². The first-order valence-electron chi connectivity index (χ1n) is 13.3. The minimum absolute atomic E-state index is 0.0203. The highest BCUT2D eigenvalue weighted by molar-refractivity contribution is 5.84. The second-order valence-corrected chi connectivity index (χ2v) is 9.81. The number of benzene rings is 1. The largest absolute Gasteiger partial charge is 0.480 e. The van der Waals surface area contributed by atoms with E-state index in [1.807, 2.05) is 37.3 Å². The summed E-state index contributed by atoms with van der Waals surface area (Å²) >= 11 is 0. The van der Waals surface area contributed by atoms with Crippen LogP contribution in [0, 0.1) is 5.92 Å². The molecule has 1 saturated heterocycles. The van der Waals surface area contributed by atoms with E-state index in [0.717, 1.165) is 56.1 Å². The van der Waals surface area contributed by atoms with Gasteiger partial charge in [0.15, 0.2) is 0 Å². The van der Waals surface area contributed by atoms with E-state index in [1.54, 1.807) is 7.11 Å². The summed E-state index contributed by atoms with van der Waals surface area (Å²) in [4.78, 5) is 31.6. The molecule has 0 aliphatic carbocycles. The lowest BCUT2D eigenvalue weighted by Crippen LogP contribution is -2.40. The zero-order valence-electron chi connectivity index (χ0n) is 22.0. The van der Waals surface area contributed by atoms with Gasteiger partial charge in [0.1, 0.15) is 17.4 Å². The Morgan fingerprint density at radius 1 is 1.16 bits per heavy atom. The molecule has 3 heterocycles. The summed E-state index contributed by atoms with van der Waals surface area (Å²) in [5.41, 5.74) is 1.42. The Labute approximate surface area is 218 Å². The summed E-state index contributed by atoms with van der Waals surface area (Å²) in [6.07, 6.45) is 6.09. The summed E-state index contributed by atoms with van der Waals surface area (Å²) in [6.45, 7) is 3.71. The first kappa shape index (κ1) is 26.7. The van der Waals surface area contributed by atoms with E-state index in [2.05, 4.69) is 32.4 Å². The van der Waals surface area contributed by atoms with Gasteiger partial charge in [-0.2, -0.15) is 0 Å². The molecule has 9 heteroatoms. The Morgan fingerprint density at radius 3 is 2.70 bits per heavy atom. The van der Waals surface area contributed by atoms with Crippen molar-refractivity contribution in [3.05, 3.63) is 36.2 Å². The van der Waals surface area contributed by atoms with Crippen LogP contribution in [-0.4, -0.2) is 59.0 Å². The molecule has 0 saturated carbocycles. The minimum Gasteiger partial charge on any atom is -0.480 e. The number of ketones is 1. The molecular weight excluding hydrogens is 470 g/mol. The number of nitrogens with one attached hydrogen (secondary N) is 1. The van der Waals surface area contributed by atoms with Gasteiger partial charge in [0.05, 0.1) is 12.6 Å². The van der Waals surface area contributed by atoms with E-state index in [0.29, 0.717) is 42.5 Å². The lowest BCUT2D eigenvalue weighted by atomic mass is 9.95. The van der Waals surface area contributed by atoms with E-state index in [4.69, 9.17) is 9.15 Å². The molecule has 0 spiro atoms. The average Bonchev–Trinajstić information content (AvgIpc) is 3.41. The lowest BCUT2D eigenvalue weighted by Gasteiger charge is -2.29. The topological polar surface area (TPSA) is 110 Å². The van der Waals surface area contributed by atoms with Gasteiger partial charge < -0.3 is 19.4 Å². The summed E-state index contributed by atoms with van der Waals surface area (Å²) in [5.74, 6) is 1.37. The number of carbonyl (C=O) groups excluding carboxylic acids is 2. The van der Waals surface area contributed by atoms with E-state index in [9.17, 15) is 9.59 Å². The summed E-state index contributed by atoms with van der Waals surface area (Å²) in [7, 11) is 3.64. The number of methoxy groups -OCH3 is 1. The highest BCUT2D eigenvalue weighted by atomic mass is 16.5. The van der Waals surface area contributed by atoms with Crippen molar-refractivity contribution in [2.24, 2.45) is 5.92 Å². The number of carbonyl (C=O) groups is 2. The fraction of sp³-hybridized carbons (Fsp3) is 0.536. The van der Waals surface area contributed by atoms with Gasteiger partial charge in [0.2, 0.25) is 17.7 Å². The number of rotatable bonds is 12. The molecule has 4 rings (SSSR count). The highest BCUT2D eigenvalue weighted by Crippen LogP contribution is 2.32. The molecular formula is C28H37N5O4. The maximum atomic E-state index is 13.1. The van der Waals surface area contributed by atoms with Crippen LogP contribution in [0.5, 0.6) is 5.88 Å². The number of nitrogens with zero attached hydrogens (tertiary/aromatic N) is 4. The molecule has 1 aromatic carbocycles. The molecule has 37 heavy (non-hydrogen) atoms. The van der Waals surface area contributed by atoms with E-state index in [1.165, 1.54) is 0 Å². The number of para-hydroxylation sites is 1. The van der Waals surface area contributed by atoms with Crippen LogP contribution in [0.3, 0.4) is 0 Å². The number of amides is 1. The van der Waals surface area contributed by atoms with Gasteiger partial charge in [-0.3, -0.25) is 9.59 Å². The number of fused-ring (bicyclic) bond motifs is 1. The molecule has 1 fully saturated rings. The fourth-order valence-electron chi connectivity index (χ4n) is 4.73. The Morgan fingerprint density at radius 2 is 1.95 bits per heavy atom. The number of hydrogen-bond acceptors (Lipinski definition) is 8. The molecule has 0 unspecified atom stereocenters. The number of ether oxygens (including phenoxy) is 1. The van der Waals surface area contributed by atoms with Crippen molar-refractivity contribution in [1.82, 2.24) is 25.4 Å². The third kappa shape index (κ3) is 6.91. The fourth-order valence-corrected chi connectivity index (χ4v) is 4.73. The normalized spacial score (nSPS) is 15.5. The Bertz CT molecular complexity index is 1200. The molecule has 1 N–H and O–H groups in total. The van der Waals surface area contributed by atoms with E-state index in [-0.39, 0.29) is 17.6 Å². The molecule has 1 aliphatic rings. The monoisotopic (exact) mass is 507 g/mol. The number of Topliss-reactive ketones (excluding diaryl/α,β-unsaturated/α-hetero) is 1. The molecule has 0 bridgehead atoms.